The van der Waals surface area contributed by atoms with Crippen LogP contribution in [0.15, 0.2) is 43.0 Å². The van der Waals surface area contributed by atoms with Crippen LogP contribution >= 0.6 is 11.3 Å². The van der Waals surface area contributed by atoms with Gasteiger partial charge in [-0.05, 0) is 30.7 Å². The fourth-order valence-electron chi connectivity index (χ4n) is 1.87. The molecule has 0 spiro atoms. The predicted molar refractivity (Wildman–Crippen MR) is 98.0 cm³/mol. The first-order valence-corrected chi connectivity index (χ1v) is 8.23. The number of thiazole rings is 1. The van der Waals surface area contributed by atoms with Crippen LogP contribution in [0.1, 0.15) is 20.9 Å². The third kappa shape index (κ3) is 5.29. The van der Waals surface area contributed by atoms with E-state index >= 15 is 0 Å². The molecule has 0 bridgehead atoms. The highest BCUT2D eigenvalue weighted by atomic mass is 32.1. The molecule has 0 aliphatic rings. The van der Waals surface area contributed by atoms with E-state index in [0.29, 0.717) is 15.7 Å². The average molecular weight is 358 g/mol. The van der Waals surface area contributed by atoms with Crippen molar-refractivity contribution in [1.82, 2.24) is 4.98 Å². The zero-order chi connectivity index (χ0) is 18.2. The molecule has 1 heterocycles. The van der Waals surface area contributed by atoms with E-state index < -0.39 is 5.97 Å². The van der Waals surface area contributed by atoms with Gasteiger partial charge in [-0.1, -0.05) is 36.1 Å². The summed E-state index contributed by atoms with van der Waals surface area (Å²) in [5.41, 5.74) is 1.37. The summed E-state index contributed by atoms with van der Waals surface area (Å²) in [5, 5.41) is 2.98. The normalized spacial score (nSPS) is 10.5. The Balaban J connectivity index is 1.99. The number of esters is 1. The zero-order valence-electron chi connectivity index (χ0n) is 13.9. The molecule has 0 unspecified atom stereocenters. The number of rotatable bonds is 7. The number of hydrogen-bond acceptors (Lipinski definition) is 6. The minimum atomic E-state index is -0.482. The molecule has 1 N–H and O–H groups in total. The Bertz CT molecular complexity index is 794. The smallest absolute Gasteiger partial charge is 0.350 e. The second kappa shape index (κ2) is 8.79. The number of ether oxygens (including phenoxy) is 2. The quantitative estimate of drug-likeness (QED) is 0.466. The van der Waals surface area contributed by atoms with E-state index in [1.165, 1.54) is 12.2 Å². The molecule has 0 atom stereocenters. The molecule has 1 amide bonds. The Morgan fingerprint density at radius 3 is 2.68 bits per heavy atom. The van der Waals surface area contributed by atoms with Gasteiger partial charge in [-0.25, -0.2) is 9.78 Å². The summed E-state index contributed by atoms with van der Waals surface area (Å²) in [4.78, 5) is 28.4. The van der Waals surface area contributed by atoms with E-state index in [-0.39, 0.29) is 12.5 Å². The summed E-state index contributed by atoms with van der Waals surface area (Å²) < 4.78 is 10.1. The van der Waals surface area contributed by atoms with Gasteiger partial charge < -0.3 is 9.47 Å². The lowest BCUT2D eigenvalue weighted by Crippen LogP contribution is -2.07. The lowest BCUT2D eigenvalue weighted by Gasteiger charge is -1.99. The van der Waals surface area contributed by atoms with Gasteiger partial charge in [-0.2, -0.15) is 0 Å². The van der Waals surface area contributed by atoms with Crippen LogP contribution in [-0.2, 0) is 9.53 Å². The molecule has 2 rings (SSSR count). The Hall–Kier alpha value is -2.93. The third-order valence-corrected chi connectivity index (χ3v) is 4.14. The number of aromatic nitrogens is 1. The van der Waals surface area contributed by atoms with Gasteiger partial charge in [0, 0.05) is 6.08 Å². The summed E-state index contributed by atoms with van der Waals surface area (Å²) >= 11 is 1.07. The van der Waals surface area contributed by atoms with E-state index in [0.717, 1.165) is 22.6 Å². The summed E-state index contributed by atoms with van der Waals surface area (Å²) in [7, 11) is 1.59. The first kappa shape index (κ1) is 18.4. The van der Waals surface area contributed by atoms with Gasteiger partial charge in [-0.3, -0.25) is 10.1 Å². The molecule has 2 aromatic rings. The second-order valence-corrected chi connectivity index (χ2v) is 5.92. The van der Waals surface area contributed by atoms with Crippen LogP contribution in [0.4, 0.5) is 5.13 Å². The standard InChI is InChI=1S/C18H18N2O4S/c1-4-11-24-17(22)16-12(2)19-18(25-16)20-15(21)10-7-13-5-8-14(23-3)9-6-13/h4-10H,1,11H2,2-3H3,(H,19,20,21). The van der Waals surface area contributed by atoms with E-state index in [1.807, 2.05) is 24.3 Å². The van der Waals surface area contributed by atoms with Crippen LogP contribution in [0.3, 0.4) is 0 Å². The van der Waals surface area contributed by atoms with Crippen molar-refractivity contribution < 1.29 is 19.1 Å². The highest BCUT2D eigenvalue weighted by Crippen LogP contribution is 2.23. The molecule has 0 saturated carbocycles. The molecule has 6 nitrogen and oxygen atoms in total. The van der Waals surface area contributed by atoms with Crippen LogP contribution in [0.5, 0.6) is 5.75 Å². The van der Waals surface area contributed by atoms with Crippen LogP contribution in [0.25, 0.3) is 6.08 Å². The van der Waals surface area contributed by atoms with E-state index in [4.69, 9.17) is 9.47 Å². The summed E-state index contributed by atoms with van der Waals surface area (Å²) in [6.45, 7) is 5.30. The van der Waals surface area contributed by atoms with E-state index in [2.05, 4.69) is 16.9 Å². The summed E-state index contributed by atoms with van der Waals surface area (Å²) in [6.07, 6.45) is 4.56. The average Bonchev–Trinajstić information content (AvgIpc) is 2.98. The van der Waals surface area contributed by atoms with Crippen molar-refractivity contribution in [3.05, 3.63) is 59.1 Å². The first-order valence-electron chi connectivity index (χ1n) is 7.42. The van der Waals surface area contributed by atoms with Crippen molar-refractivity contribution in [3.63, 3.8) is 0 Å². The Labute approximate surface area is 149 Å². The lowest BCUT2D eigenvalue weighted by atomic mass is 10.2. The number of methoxy groups -OCH3 is 1. The van der Waals surface area contributed by atoms with E-state index in [9.17, 15) is 9.59 Å². The SMILES string of the molecule is C=CCOC(=O)c1sc(NC(=O)C=Cc2ccc(OC)cc2)nc1C. The van der Waals surface area contributed by atoms with Gasteiger partial charge >= 0.3 is 5.97 Å². The number of nitrogens with one attached hydrogen (secondary N) is 1. The molecule has 0 saturated heterocycles. The van der Waals surface area contributed by atoms with Gasteiger partial charge in [0.2, 0.25) is 5.91 Å². The number of carbonyl (C=O) groups is 2. The van der Waals surface area contributed by atoms with Crippen LogP contribution < -0.4 is 10.1 Å². The predicted octanol–water partition coefficient (Wildman–Crippen LogP) is 3.45. The molecule has 0 radical (unpaired) electrons. The number of carbonyl (C=O) groups excluding carboxylic acids is 2. The zero-order valence-corrected chi connectivity index (χ0v) is 14.8. The van der Waals surface area contributed by atoms with Crippen molar-refractivity contribution in [1.29, 1.82) is 0 Å². The van der Waals surface area contributed by atoms with Crippen molar-refractivity contribution in [2.45, 2.75) is 6.92 Å². The van der Waals surface area contributed by atoms with Crippen molar-refractivity contribution in [2.75, 3.05) is 19.0 Å². The molecule has 1 aromatic carbocycles. The number of anilines is 1. The second-order valence-electron chi connectivity index (χ2n) is 4.92. The Morgan fingerprint density at radius 2 is 2.04 bits per heavy atom. The molecule has 0 aliphatic carbocycles. The topological polar surface area (TPSA) is 77.5 Å². The maximum Gasteiger partial charge on any atom is 0.350 e. The molecule has 0 fully saturated rings. The number of amides is 1. The maximum absolute atomic E-state index is 12.0. The van der Waals surface area contributed by atoms with Crippen molar-refractivity contribution in [2.24, 2.45) is 0 Å². The van der Waals surface area contributed by atoms with Crippen LogP contribution in [-0.4, -0.2) is 30.6 Å². The van der Waals surface area contributed by atoms with Crippen LogP contribution in [0, 0.1) is 6.92 Å². The summed E-state index contributed by atoms with van der Waals surface area (Å²) in [5.74, 6) is -0.0736. The van der Waals surface area contributed by atoms with Gasteiger partial charge in [0.25, 0.3) is 0 Å². The molecule has 0 aliphatic heterocycles. The molecular weight excluding hydrogens is 340 g/mol. The number of hydrogen-bond donors (Lipinski definition) is 1. The minimum absolute atomic E-state index is 0.127. The minimum Gasteiger partial charge on any atom is -0.497 e. The molecule has 25 heavy (non-hydrogen) atoms. The largest absolute Gasteiger partial charge is 0.497 e. The molecule has 7 heteroatoms. The molecular formula is C18H18N2O4S. The highest BCUT2D eigenvalue weighted by molar-refractivity contribution is 7.17. The number of nitrogens with zero attached hydrogens (tertiary/aromatic N) is 1. The van der Waals surface area contributed by atoms with Crippen molar-refractivity contribution >= 4 is 34.4 Å². The number of benzene rings is 1. The lowest BCUT2D eigenvalue weighted by molar-refractivity contribution is -0.111. The van der Waals surface area contributed by atoms with Gasteiger partial charge in [0.1, 0.15) is 17.2 Å². The van der Waals surface area contributed by atoms with Crippen molar-refractivity contribution in [3.8, 4) is 5.75 Å². The third-order valence-electron chi connectivity index (χ3n) is 3.09. The summed E-state index contributed by atoms with van der Waals surface area (Å²) in [6, 6.07) is 7.29. The van der Waals surface area contributed by atoms with E-state index in [1.54, 1.807) is 20.1 Å². The Kier molecular flexibility index (Phi) is 6.47. The molecule has 1 aromatic heterocycles. The fraction of sp³-hybridized carbons (Fsp3) is 0.167. The monoisotopic (exact) mass is 358 g/mol. The van der Waals surface area contributed by atoms with Gasteiger partial charge in [0.05, 0.1) is 12.8 Å². The van der Waals surface area contributed by atoms with Gasteiger partial charge in [-0.15, -0.1) is 0 Å². The number of aryl methyl sites for hydroxylation is 1. The maximum atomic E-state index is 12.0. The first-order chi connectivity index (χ1) is 12.0. The Morgan fingerprint density at radius 1 is 1.32 bits per heavy atom. The van der Waals surface area contributed by atoms with Crippen LogP contribution in [0.2, 0.25) is 0 Å². The molecule has 130 valence electrons. The highest BCUT2D eigenvalue weighted by Gasteiger charge is 2.17. The fourth-order valence-corrected chi connectivity index (χ4v) is 2.74. The van der Waals surface area contributed by atoms with Gasteiger partial charge in [0.15, 0.2) is 5.13 Å².